The summed E-state index contributed by atoms with van der Waals surface area (Å²) in [6.45, 7) is 4.51. The minimum Gasteiger partial charge on any atom is -0.375 e. The van der Waals surface area contributed by atoms with Crippen molar-refractivity contribution in [3.63, 3.8) is 0 Å². The number of nitrogens with one attached hydrogen (secondary N) is 2. The standard InChI is InChI=1S/C13H23N3O3/c1-9-11(15-5-7-19-9)13(18)16-6-3-4-10(8-16)12(17)14-2/h9-11,15H,3-8H2,1-2H3,(H,14,17)/t9-,10?,11+/m1/s1. The quantitative estimate of drug-likeness (QED) is 0.699. The van der Waals surface area contributed by atoms with E-state index < -0.39 is 0 Å². The molecular weight excluding hydrogens is 246 g/mol. The van der Waals surface area contributed by atoms with E-state index in [0.717, 1.165) is 19.4 Å². The molecule has 2 amide bonds. The maximum atomic E-state index is 12.5. The predicted molar refractivity (Wildman–Crippen MR) is 70.6 cm³/mol. The van der Waals surface area contributed by atoms with Gasteiger partial charge in [0.05, 0.1) is 18.6 Å². The number of hydrogen-bond acceptors (Lipinski definition) is 4. The molecule has 0 aliphatic carbocycles. The SMILES string of the molecule is CNC(=O)C1CCCN(C(=O)[C@H]2NCCO[C@@H]2C)C1. The highest BCUT2D eigenvalue weighted by Crippen LogP contribution is 2.18. The molecule has 2 rings (SSSR count). The Kier molecular flexibility index (Phi) is 4.76. The van der Waals surface area contributed by atoms with Crippen LogP contribution in [0.3, 0.4) is 0 Å². The van der Waals surface area contributed by atoms with Crippen LogP contribution in [0.4, 0.5) is 0 Å². The van der Waals surface area contributed by atoms with Crippen molar-refractivity contribution in [3.8, 4) is 0 Å². The van der Waals surface area contributed by atoms with Crippen molar-refractivity contribution >= 4 is 11.8 Å². The molecule has 2 heterocycles. The van der Waals surface area contributed by atoms with Gasteiger partial charge < -0.3 is 20.3 Å². The zero-order valence-electron chi connectivity index (χ0n) is 11.6. The topological polar surface area (TPSA) is 70.7 Å². The first-order valence-electron chi connectivity index (χ1n) is 6.99. The highest BCUT2D eigenvalue weighted by atomic mass is 16.5. The molecule has 1 unspecified atom stereocenters. The van der Waals surface area contributed by atoms with E-state index in [1.54, 1.807) is 11.9 Å². The fourth-order valence-electron chi connectivity index (χ4n) is 2.80. The van der Waals surface area contributed by atoms with Crippen molar-refractivity contribution in [1.82, 2.24) is 15.5 Å². The van der Waals surface area contributed by atoms with E-state index in [2.05, 4.69) is 10.6 Å². The molecule has 6 heteroatoms. The minimum absolute atomic E-state index is 0.0263. The second-order valence-corrected chi connectivity index (χ2v) is 5.25. The van der Waals surface area contributed by atoms with Crippen LogP contribution in [0.5, 0.6) is 0 Å². The zero-order chi connectivity index (χ0) is 13.8. The van der Waals surface area contributed by atoms with Gasteiger partial charge in [-0.05, 0) is 19.8 Å². The Bertz CT molecular complexity index is 348. The summed E-state index contributed by atoms with van der Waals surface area (Å²) in [5.41, 5.74) is 0. The number of amides is 2. The average Bonchev–Trinajstić information content (AvgIpc) is 2.46. The number of carbonyl (C=O) groups is 2. The van der Waals surface area contributed by atoms with Gasteiger partial charge in [-0.2, -0.15) is 0 Å². The molecule has 0 bridgehead atoms. The monoisotopic (exact) mass is 269 g/mol. The summed E-state index contributed by atoms with van der Waals surface area (Å²) in [6, 6.07) is -0.280. The number of likely N-dealkylation sites (tertiary alicyclic amines) is 1. The maximum Gasteiger partial charge on any atom is 0.242 e. The maximum absolute atomic E-state index is 12.5. The van der Waals surface area contributed by atoms with Crippen LogP contribution in [-0.2, 0) is 14.3 Å². The lowest BCUT2D eigenvalue weighted by Gasteiger charge is -2.37. The van der Waals surface area contributed by atoms with Gasteiger partial charge in [0.15, 0.2) is 0 Å². The summed E-state index contributed by atoms with van der Waals surface area (Å²) in [5, 5.41) is 5.87. The fraction of sp³-hybridized carbons (Fsp3) is 0.846. The van der Waals surface area contributed by atoms with Crippen molar-refractivity contribution in [2.24, 2.45) is 5.92 Å². The van der Waals surface area contributed by atoms with E-state index in [1.165, 1.54) is 0 Å². The molecule has 2 aliphatic rings. The molecule has 2 fully saturated rings. The molecule has 2 aliphatic heterocycles. The smallest absolute Gasteiger partial charge is 0.242 e. The first-order chi connectivity index (χ1) is 9.13. The molecule has 3 atom stereocenters. The number of morpholine rings is 1. The van der Waals surface area contributed by atoms with E-state index in [1.807, 2.05) is 6.92 Å². The lowest BCUT2D eigenvalue weighted by Crippen LogP contribution is -2.58. The van der Waals surface area contributed by atoms with Crippen LogP contribution < -0.4 is 10.6 Å². The molecule has 0 radical (unpaired) electrons. The molecule has 2 N–H and O–H groups in total. The minimum atomic E-state index is -0.280. The number of rotatable bonds is 2. The van der Waals surface area contributed by atoms with Crippen molar-refractivity contribution < 1.29 is 14.3 Å². The lowest BCUT2D eigenvalue weighted by molar-refractivity contribution is -0.142. The summed E-state index contributed by atoms with van der Waals surface area (Å²) in [4.78, 5) is 26.0. The highest BCUT2D eigenvalue weighted by Gasteiger charge is 2.35. The Labute approximate surface area is 113 Å². The van der Waals surface area contributed by atoms with Gasteiger partial charge in [0.25, 0.3) is 0 Å². The van der Waals surface area contributed by atoms with Crippen LogP contribution in [0.1, 0.15) is 19.8 Å². The summed E-state index contributed by atoms with van der Waals surface area (Å²) >= 11 is 0. The van der Waals surface area contributed by atoms with E-state index in [0.29, 0.717) is 19.7 Å². The second kappa shape index (κ2) is 6.34. The summed E-state index contributed by atoms with van der Waals surface area (Å²) < 4.78 is 5.51. The third-order valence-corrected chi connectivity index (χ3v) is 3.93. The van der Waals surface area contributed by atoms with Crippen molar-refractivity contribution in [2.45, 2.75) is 31.9 Å². The number of hydrogen-bond donors (Lipinski definition) is 2. The first kappa shape index (κ1) is 14.3. The van der Waals surface area contributed by atoms with Crippen LogP contribution in [-0.4, -0.2) is 62.1 Å². The Hall–Kier alpha value is -1.14. The second-order valence-electron chi connectivity index (χ2n) is 5.25. The average molecular weight is 269 g/mol. The lowest BCUT2D eigenvalue weighted by atomic mass is 9.96. The van der Waals surface area contributed by atoms with E-state index >= 15 is 0 Å². The normalized spacial score (nSPS) is 31.9. The largest absolute Gasteiger partial charge is 0.375 e. The van der Waals surface area contributed by atoms with Gasteiger partial charge in [0.2, 0.25) is 11.8 Å². The summed E-state index contributed by atoms with van der Waals surface area (Å²) in [5.74, 6) is 0.00159. The fourth-order valence-corrected chi connectivity index (χ4v) is 2.80. The third-order valence-electron chi connectivity index (χ3n) is 3.93. The highest BCUT2D eigenvalue weighted by molar-refractivity contribution is 5.84. The number of carbonyl (C=O) groups excluding carboxylic acids is 2. The number of ether oxygens (including phenoxy) is 1. The molecule has 2 saturated heterocycles. The molecule has 0 aromatic rings. The third kappa shape index (κ3) is 3.25. The zero-order valence-corrected chi connectivity index (χ0v) is 11.6. The van der Waals surface area contributed by atoms with Crippen molar-refractivity contribution in [3.05, 3.63) is 0 Å². The van der Waals surface area contributed by atoms with Gasteiger partial charge >= 0.3 is 0 Å². The van der Waals surface area contributed by atoms with Crippen LogP contribution in [0.25, 0.3) is 0 Å². The summed E-state index contributed by atoms with van der Waals surface area (Å²) in [6.07, 6.45) is 1.63. The van der Waals surface area contributed by atoms with Crippen molar-refractivity contribution in [2.75, 3.05) is 33.3 Å². The molecule has 108 valence electrons. The first-order valence-corrected chi connectivity index (χ1v) is 6.99. The summed E-state index contributed by atoms with van der Waals surface area (Å²) in [7, 11) is 1.64. The predicted octanol–water partition coefficient (Wildman–Crippen LogP) is -0.652. The van der Waals surface area contributed by atoms with Crippen LogP contribution in [0.15, 0.2) is 0 Å². The Balaban J connectivity index is 1.96. The van der Waals surface area contributed by atoms with Crippen LogP contribution in [0, 0.1) is 5.92 Å². The van der Waals surface area contributed by atoms with Gasteiger partial charge in [0.1, 0.15) is 6.04 Å². The van der Waals surface area contributed by atoms with E-state index in [-0.39, 0.29) is 29.9 Å². The molecule has 19 heavy (non-hydrogen) atoms. The molecule has 6 nitrogen and oxygen atoms in total. The van der Waals surface area contributed by atoms with Crippen molar-refractivity contribution in [1.29, 1.82) is 0 Å². The molecule has 0 saturated carbocycles. The molecule has 0 aromatic heterocycles. The Morgan fingerprint density at radius 1 is 1.42 bits per heavy atom. The van der Waals surface area contributed by atoms with Gasteiger partial charge in [-0.15, -0.1) is 0 Å². The van der Waals surface area contributed by atoms with Gasteiger partial charge in [-0.25, -0.2) is 0 Å². The Morgan fingerprint density at radius 2 is 2.21 bits per heavy atom. The molecule has 0 aromatic carbocycles. The molecule has 0 spiro atoms. The van der Waals surface area contributed by atoms with Crippen LogP contribution >= 0.6 is 0 Å². The number of nitrogens with zero attached hydrogens (tertiary/aromatic N) is 1. The van der Waals surface area contributed by atoms with Gasteiger partial charge in [0, 0.05) is 26.7 Å². The van der Waals surface area contributed by atoms with Crippen LogP contribution in [0.2, 0.25) is 0 Å². The van der Waals surface area contributed by atoms with E-state index in [4.69, 9.17) is 4.74 Å². The van der Waals surface area contributed by atoms with E-state index in [9.17, 15) is 9.59 Å². The Morgan fingerprint density at radius 3 is 2.89 bits per heavy atom. The van der Waals surface area contributed by atoms with Gasteiger partial charge in [-0.1, -0.05) is 0 Å². The number of piperidine rings is 1. The van der Waals surface area contributed by atoms with Gasteiger partial charge in [-0.3, -0.25) is 9.59 Å². The molecular formula is C13H23N3O3.